The average molecular weight is 541 g/mol. The zero-order chi connectivity index (χ0) is 28.2. The van der Waals surface area contributed by atoms with Crippen LogP contribution in [-0.4, -0.2) is 68.2 Å². The van der Waals surface area contributed by atoms with E-state index in [9.17, 15) is 19.2 Å². The molecule has 0 radical (unpaired) electrons. The van der Waals surface area contributed by atoms with Crippen LogP contribution >= 0.6 is 11.8 Å². The number of nitrogens with one attached hydrogen (secondary N) is 2. The summed E-state index contributed by atoms with van der Waals surface area (Å²) in [6, 6.07) is 4.91. The average Bonchev–Trinajstić information content (AvgIpc) is 2.81. The minimum atomic E-state index is -1.08. The Hall–Kier alpha value is -2.95. The molecule has 0 aliphatic rings. The Morgan fingerprint density at radius 3 is 2.05 bits per heavy atom. The lowest BCUT2D eigenvalue weighted by molar-refractivity contribution is -0.145. The number of ether oxygens (including phenoxy) is 4. The molecule has 0 heterocycles. The van der Waals surface area contributed by atoms with Gasteiger partial charge in [0.05, 0.1) is 20.8 Å². The highest BCUT2D eigenvalue weighted by Crippen LogP contribution is 2.32. The number of thioether (sulfide) groups is 1. The van der Waals surface area contributed by atoms with Crippen molar-refractivity contribution in [3.05, 3.63) is 29.8 Å². The van der Waals surface area contributed by atoms with E-state index in [0.717, 1.165) is 11.8 Å². The second-order valence-electron chi connectivity index (χ2n) is 9.65. The van der Waals surface area contributed by atoms with Gasteiger partial charge in [0.25, 0.3) is 0 Å². The van der Waals surface area contributed by atoms with Crippen LogP contribution < -0.4 is 15.4 Å². The van der Waals surface area contributed by atoms with Crippen LogP contribution in [0.2, 0.25) is 0 Å². The molecule has 0 aromatic heterocycles. The van der Waals surface area contributed by atoms with Gasteiger partial charge in [-0.2, -0.15) is 0 Å². The van der Waals surface area contributed by atoms with Crippen molar-refractivity contribution in [2.45, 2.75) is 70.9 Å². The third-order valence-corrected chi connectivity index (χ3v) is 6.19. The fraction of sp³-hybridized carbons (Fsp3) is 0.615. The van der Waals surface area contributed by atoms with Crippen molar-refractivity contribution in [1.82, 2.24) is 10.6 Å². The molecule has 0 saturated heterocycles. The van der Waals surface area contributed by atoms with E-state index < -0.39 is 46.9 Å². The Morgan fingerprint density at radius 1 is 0.946 bits per heavy atom. The Morgan fingerprint density at radius 2 is 1.57 bits per heavy atom. The number of carbonyl (C=O) groups is 4. The molecule has 1 aromatic rings. The monoisotopic (exact) mass is 540 g/mol. The summed E-state index contributed by atoms with van der Waals surface area (Å²) in [5.41, 5.74) is -0.0824. The van der Waals surface area contributed by atoms with Crippen molar-refractivity contribution in [2.24, 2.45) is 5.92 Å². The molecule has 1 rings (SSSR count). The van der Waals surface area contributed by atoms with Crippen LogP contribution in [0, 0.1) is 5.92 Å². The quantitative estimate of drug-likeness (QED) is 0.285. The first-order valence-corrected chi connectivity index (χ1v) is 13.2. The van der Waals surface area contributed by atoms with E-state index in [1.54, 1.807) is 59.1 Å². The summed E-state index contributed by atoms with van der Waals surface area (Å²) in [6.45, 7) is 10.9. The normalized spacial score (nSPS) is 13.6. The van der Waals surface area contributed by atoms with Gasteiger partial charge in [-0.05, 0) is 57.7 Å². The zero-order valence-electron chi connectivity index (χ0n) is 22.9. The molecule has 11 heteroatoms. The van der Waals surface area contributed by atoms with Crippen LogP contribution in [0.15, 0.2) is 24.3 Å². The fourth-order valence-corrected chi connectivity index (χ4v) is 4.38. The lowest BCUT2D eigenvalue weighted by atomic mass is 10.0. The van der Waals surface area contributed by atoms with Crippen LogP contribution in [0.4, 0.5) is 4.79 Å². The highest BCUT2D eigenvalue weighted by Gasteiger charge is 2.31. The van der Waals surface area contributed by atoms with E-state index in [4.69, 9.17) is 18.9 Å². The second-order valence-corrected chi connectivity index (χ2v) is 10.8. The molecule has 2 N–H and O–H groups in total. The smallest absolute Gasteiger partial charge is 0.408 e. The number of methoxy groups -OCH3 is 2. The molecule has 2 amide bonds. The predicted octanol–water partition coefficient (Wildman–Crippen LogP) is 3.63. The number of alkyl carbamates (subject to hydrolysis) is 1. The third kappa shape index (κ3) is 11.8. The summed E-state index contributed by atoms with van der Waals surface area (Å²) in [5.74, 6) is -0.998. The molecule has 0 bridgehead atoms. The number of hydrogen-bond acceptors (Lipinski definition) is 9. The van der Waals surface area contributed by atoms with Gasteiger partial charge in [0.2, 0.25) is 5.91 Å². The lowest BCUT2D eigenvalue weighted by Crippen LogP contribution is -2.53. The molecule has 208 valence electrons. The van der Waals surface area contributed by atoms with Gasteiger partial charge < -0.3 is 29.6 Å². The number of hydrogen-bond donors (Lipinski definition) is 2. The van der Waals surface area contributed by atoms with Gasteiger partial charge in [-0.25, -0.2) is 9.59 Å². The maximum absolute atomic E-state index is 13.1. The molecule has 10 nitrogen and oxygen atoms in total. The van der Waals surface area contributed by atoms with Gasteiger partial charge >= 0.3 is 18.0 Å². The summed E-state index contributed by atoms with van der Waals surface area (Å²) < 4.78 is 20.6. The standard InChI is InChI=1S/C26H40N2O8S/c1-9-35-24(31)21(17-10-12-18(33-7)13-11-17)37-15-20(23(30)34-8)27-22(29)19(14-16(2)3)28-25(32)36-26(4,5)6/h10-13,16,19-21H,9,14-15H2,1-8H3,(H,27,29)(H,28,32)/t19-,20-,21?/m0/s1. The lowest BCUT2D eigenvalue weighted by Gasteiger charge is -2.26. The molecule has 3 atom stereocenters. The second kappa shape index (κ2) is 15.3. The molecule has 0 fully saturated rings. The highest BCUT2D eigenvalue weighted by atomic mass is 32.2. The Labute approximate surface area is 223 Å². The van der Waals surface area contributed by atoms with Gasteiger partial charge in [-0.3, -0.25) is 9.59 Å². The van der Waals surface area contributed by atoms with Gasteiger partial charge in [-0.1, -0.05) is 26.0 Å². The van der Waals surface area contributed by atoms with Crippen molar-refractivity contribution in [1.29, 1.82) is 0 Å². The first-order valence-electron chi connectivity index (χ1n) is 12.1. The predicted molar refractivity (Wildman–Crippen MR) is 141 cm³/mol. The molecule has 1 unspecified atom stereocenters. The van der Waals surface area contributed by atoms with Gasteiger partial charge in [0, 0.05) is 5.75 Å². The molecule has 37 heavy (non-hydrogen) atoms. The van der Waals surface area contributed by atoms with E-state index in [0.29, 0.717) is 17.7 Å². The minimum Gasteiger partial charge on any atom is -0.497 e. The minimum absolute atomic E-state index is 0.0226. The number of carbonyl (C=O) groups excluding carboxylic acids is 4. The van der Waals surface area contributed by atoms with Gasteiger partial charge in [-0.15, -0.1) is 11.8 Å². The van der Waals surface area contributed by atoms with Crippen LogP contribution in [-0.2, 0) is 28.6 Å². The summed E-state index contributed by atoms with van der Waals surface area (Å²) >= 11 is 1.13. The van der Waals surface area contributed by atoms with Crippen molar-refractivity contribution in [3.8, 4) is 5.75 Å². The van der Waals surface area contributed by atoms with E-state index in [-0.39, 0.29) is 18.3 Å². The SMILES string of the molecule is CCOC(=O)C(SC[C@H](NC(=O)[C@H](CC(C)C)NC(=O)OC(C)(C)C)C(=O)OC)c1ccc(OC)cc1. The fourth-order valence-electron chi connectivity index (χ4n) is 3.23. The Kier molecular flexibility index (Phi) is 13.3. The molecular formula is C26H40N2O8S. The van der Waals surface area contributed by atoms with Gasteiger partial charge in [0.1, 0.15) is 28.7 Å². The summed E-state index contributed by atoms with van der Waals surface area (Å²) in [6.07, 6.45) is -0.414. The first-order chi connectivity index (χ1) is 17.3. The highest BCUT2D eigenvalue weighted by molar-refractivity contribution is 8.00. The maximum Gasteiger partial charge on any atom is 0.408 e. The van der Waals surface area contributed by atoms with Crippen LogP contribution in [0.3, 0.4) is 0 Å². The summed E-state index contributed by atoms with van der Waals surface area (Å²) in [7, 11) is 2.75. The molecule has 0 aliphatic carbocycles. The molecule has 0 saturated carbocycles. The largest absolute Gasteiger partial charge is 0.497 e. The van der Waals surface area contributed by atoms with E-state index >= 15 is 0 Å². The number of amides is 2. The van der Waals surface area contributed by atoms with Crippen LogP contribution in [0.25, 0.3) is 0 Å². The van der Waals surface area contributed by atoms with Crippen molar-refractivity contribution >= 4 is 35.7 Å². The molecule has 0 spiro atoms. The van der Waals surface area contributed by atoms with Crippen molar-refractivity contribution in [3.63, 3.8) is 0 Å². The van der Waals surface area contributed by atoms with E-state index in [1.165, 1.54) is 7.11 Å². The first kappa shape index (κ1) is 32.1. The van der Waals surface area contributed by atoms with Gasteiger partial charge in [0.15, 0.2) is 0 Å². The number of rotatable bonds is 13. The maximum atomic E-state index is 13.1. The molecule has 1 aromatic carbocycles. The number of benzene rings is 1. The molecular weight excluding hydrogens is 500 g/mol. The third-order valence-electron chi connectivity index (χ3n) is 4.87. The van der Waals surface area contributed by atoms with E-state index in [2.05, 4.69) is 10.6 Å². The van der Waals surface area contributed by atoms with Crippen molar-refractivity contribution < 1.29 is 38.1 Å². The Bertz CT molecular complexity index is 899. The summed E-state index contributed by atoms with van der Waals surface area (Å²) in [4.78, 5) is 50.7. The van der Waals surface area contributed by atoms with E-state index in [1.807, 2.05) is 13.8 Å². The summed E-state index contributed by atoms with van der Waals surface area (Å²) in [5, 5.41) is 4.50. The van der Waals surface area contributed by atoms with Crippen molar-refractivity contribution in [2.75, 3.05) is 26.6 Å². The van der Waals surface area contributed by atoms with Crippen LogP contribution in [0.5, 0.6) is 5.75 Å². The Balaban J connectivity index is 3.06. The zero-order valence-corrected chi connectivity index (χ0v) is 23.7. The van der Waals surface area contributed by atoms with Crippen LogP contribution in [0.1, 0.15) is 58.8 Å². The molecule has 0 aliphatic heterocycles. The topological polar surface area (TPSA) is 129 Å². The number of esters is 2.